The number of aromatic nitrogens is 1. The highest BCUT2D eigenvalue weighted by Crippen LogP contribution is 2.28. The lowest BCUT2D eigenvalue weighted by atomic mass is 9.85. The Kier molecular flexibility index (Phi) is 12.2. The number of amides is 4. The number of carbonyl (C=O) groups is 4. The zero-order chi connectivity index (χ0) is 35.9. The van der Waals surface area contributed by atoms with Crippen molar-refractivity contribution in [1.82, 2.24) is 25.8 Å². The van der Waals surface area contributed by atoms with Crippen LogP contribution in [0.5, 0.6) is 0 Å². The second kappa shape index (κ2) is 15.9. The molecule has 1 aromatic heterocycles. The summed E-state index contributed by atoms with van der Waals surface area (Å²) in [5.41, 5.74) is 5.20. The van der Waals surface area contributed by atoms with E-state index >= 15 is 0 Å². The molecule has 0 aliphatic carbocycles. The number of hydrogen-bond acceptors (Lipinski definition) is 8. The van der Waals surface area contributed by atoms with Gasteiger partial charge in [0, 0.05) is 32.5 Å². The maximum Gasteiger partial charge on any atom is 0.407 e. The minimum atomic E-state index is -0.924. The predicted molar refractivity (Wildman–Crippen MR) is 189 cm³/mol. The summed E-state index contributed by atoms with van der Waals surface area (Å²) in [7, 11) is 0. The quantitative estimate of drug-likeness (QED) is 0.224. The number of thiazole rings is 1. The minimum absolute atomic E-state index is 0.000289. The number of nitrogens with zero attached hydrogens (tertiary/aromatic N) is 2. The first kappa shape index (κ1) is 37.5. The van der Waals surface area contributed by atoms with Gasteiger partial charge in [0.15, 0.2) is 0 Å². The smallest absolute Gasteiger partial charge is 0.407 e. The number of aryl methyl sites for hydroxylation is 2. The molecule has 0 unspecified atom stereocenters. The molecule has 0 bridgehead atoms. The van der Waals surface area contributed by atoms with E-state index in [1.165, 1.54) is 4.90 Å². The fraction of sp³-hybridized carbons (Fsp3) is 0.486. The monoisotopic (exact) mass is 691 g/mol. The third kappa shape index (κ3) is 10.6. The van der Waals surface area contributed by atoms with Gasteiger partial charge in [0.25, 0.3) is 0 Å². The predicted octanol–water partition coefficient (Wildman–Crippen LogP) is 4.88. The topological polar surface area (TPSA) is 150 Å². The number of hydrogen-bond donors (Lipinski definition) is 4. The Morgan fingerprint density at radius 1 is 0.980 bits per heavy atom. The van der Waals surface area contributed by atoms with E-state index in [1.54, 1.807) is 32.1 Å². The first-order valence-electron chi connectivity index (χ1n) is 16.6. The first-order chi connectivity index (χ1) is 23.0. The summed E-state index contributed by atoms with van der Waals surface area (Å²) in [5.74, 6) is -1.09. The number of rotatable bonds is 11. The molecule has 4 rings (SSSR count). The number of alkyl carbamates (subject to hydrolysis) is 1. The average Bonchev–Trinajstić information content (AvgIpc) is 3.64. The van der Waals surface area contributed by atoms with E-state index < -0.39 is 41.2 Å². The van der Waals surface area contributed by atoms with Gasteiger partial charge in [0.2, 0.25) is 17.7 Å². The van der Waals surface area contributed by atoms with Crippen LogP contribution in [-0.4, -0.2) is 69.1 Å². The zero-order valence-electron chi connectivity index (χ0n) is 29.5. The molecule has 0 radical (unpaired) electrons. The van der Waals surface area contributed by atoms with Crippen LogP contribution in [-0.2, 0) is 38.6 Å². The van der Waals surface area contributed by atoms with Gasteiger partial charge in [-0.15, -0.1) is 11.3 Å². The molecule has 1 aliphatic rings. The molecule has 1 fully saturated rings. The standard InChI is InChI=1S/C37H49N5O6S/c1-23-31(49-22-40-23)26-14-12-24(13-15-26)19-38-33(45)29-18-28(43)21-42(29)34(46)32(36(2,3)4)41-30(44)17-16-25-10-8-9-11-27(25)20-39-35(47)48-37(5,6)7/h8-15,22,28-29,32,43H,16-21H2,1-7H3,(H,38,45)(H,39,47)(H,41,44)/t28-,29+,32-/m1/s1. The van der Waals surface area contributed by atoms with Crippen molar-refractivity contribution in [2.75, 3.05) is 6.54 Å². The zero-order valence-corrected chi connectivity index (χ0v) is 30.3. The third-order valence-corrected chi connectivity index (χ3v) is 9.25. The van der Waals surface area contributed by atoms with Crippen LogP contribution in [0.3, 0.4) is 0 Å². The second-order valence-electron chi connectivity index (χ2n) is 14.6. The molecule has 12 heteroatoms. The van der Waals surface area contributed by atoms with Gasteiger partial charge in [-0.05, 0) is 61.8 Å². The minimum Gasteiger partial charge on any atom is -0.444 e. The van der Waals surface area contributed by atoms with Crippen molar-refractivity contribution < 1.29 is 29.0 Å². The molecule has 1 saturated heterocycles. The van der Waals surface area contributed by atoms with Crippen molar-refractivity contribution in [2.24, 2.45) is 5.41 Å². The van der Waals surface area contributed by atoms with Crippen LogP contribution >= 0.6 is 11.3 Å². The summed E-state index contributed by atoms with van der Waals surface area (Å²) in [5, 5.41) is 19.1. The number of ether oxygens (including phenoxy) is 1. The number of carbonyl (C=O) groups excluding carboxylic acids is 4. The van der Waals surface area contributed by atoms with Gasteiger partial charge >= 0.3 is 6.09 Å². The van der Waals surface area contributed by atoms with E-state index in [-0.39, 0.29) is 44.3 Å². The lowest BCUT2D eigenvalue weighted by molar-refractivity contribution is -0.144. The molecule has 3 atom stereocenters. The van der Waals surface area contributed by atoms with Gasteiger partial charge in [0.1, 0.15) is 17.7 Å². The van der Waals surface area contributed by atoms with E-state index in [1.807, 2.05) is 81.7 Å². The lowest BCUT2D eigenvalue weighted by Crippen LogP contribution is -2.57. The maximum atomic E-state index is 14.0. The molecular formula is C37H49N5O6S. The first-order valence-corrected chi connectivity index (χ1v) is 17.5. The number of aliphatic hydroxyl groups excluding tert-OH is 1. The Morgan fingerprint density at radius 3 is 2.27 bits per heavy atom. The highest BCUT2D eigenvalue weighted by Gasteiger charge is 2.44. The number of nitrogens with one attached hydrogen (secondary N) is 3. The Balaban J connectivity index is 1.36. The molecule has 4 N–H and O–H groups in total. The summed E-state index contributed by atoms with van der Waals surface area (Å²) in [4.78, 5) is 59.6. The molecule has 264 valence electrons. The lowest BCUT2D eigenvalue weighted by Gasteiger charge is -2.35. The number of β-amino-alcohol motifs (C(OH)–C–C–N with tert-alkyl or cyclic N) is 1. The summed E-state index contributed by atoms with van der Waals surface area (Å²) in [6.07, 6.45) is -0.774. The number of likely N-dealkylation sites (tertiary alicyclic amines) is 1. The Hall–Kier alpha value is -4.29. The van der Waals surface area contributed by atoms with Crippen LogP contribution in [0.4, 0.5) is 4.79 Å². The fourth-order valence-corrected chi connectivity index (χ4v) is 6.53. The van der Waals surface area contributed by atoms with Crippen molar-refractivity contribution >= 4 is 35.2 Å². The Labute approximate surface area is 292 Å². The van der Waals surface area contributed by atoms with Crippen LogP contribution in [0.2, 0.25) is 0 Å². The Bertz CT molecular complexity index is 1620. The molecular weight excluding hydrogens is 643 g/mol. The summed E-state index contributed by atoms with van der Waals surface area (Å²) >= 11 is 1.58. The number of aliphatic hydroxyl groups is 1. The maximum absolute atomic E-state index is 14.0. The van der Waals surface area contributed by atoms with Crippen LogP contribution in [0.25, 0.3) is 10.4 Å². The van der Waals surface area contributed by atoms with Gasteiger partial charge in [-0.25, -0.2) is 9.78 Å². The molecule has 2 heterocycles. The second-order valence-corrected chi connectivity index (χ2v) is 15.4. The fourth-order valence-electron chi connectivity index (χ4n) is 5.72. The van der Waals surface area contributed by atoms with Crippen LogP contribution < -0.4 is 16.0 Å². The molecule has 4 amide bonds. The summed E-state index contributed by atoms with van der Waals surface area (Å²) in [6, 6.07) is 13.6. The number of benzene rings is 2. The van der Waals surface area contributed by atoms with E-state index in [4.69, 9.17) is 4.74 Å². The molecule has 2 aromatic carbocycles. The van der Waals surface area contributed by atoms with Crippen molar-refractivity contribution in [3.05, 3.63) is 76.4 Å². The van der Waals surface area contributed by atoms with Crippen molar-refractivity contribution in [2.45, 2.75) is 105 Å². The molecule has 11 nitrogen and oxygen atoms in total. The summed E-state index contributed by atoms with van der Waals surface area (Å²) in [6.45, 7) is 13.4. The van der Waals surface area contributed by atoms with E-state index in [0.29, 0.717) is 6.42 Å². The molecule has 0 saturated carbocycles. The van der Waals surface area contributed by atoms with Crippen LogP contribution in [0.1, 0.15) is 76.8 Å². The van der Waals surface area contributed by atoms with Gasteiger partial charge in [-0.2, -0.15) is 0 Å². The van der Waals surface area contributed by atoms with Gasteiger partial charge in [0.05, 0.1) is 22.2 Å². The molecule has 49 heavy (non-hydrogen) atoms. The average molecular weight is 692 g/mol. The molecule has 1 aliphatic heterocycles. The van der Waals surface area contributed by atoms with E-state index in [9.17, 15) is 24.3 Å². The normalized spacial score (nSPS) is 16.9. The molecule has 3 aromatic rings. The summed E-state index contributed by atoms with van der Waals surface area (Å²) < 4.78 is 5.33. The van der Waals surface area contributed by atoms with Crippen LogP contribution in [0.15, 0.2) is 54.0 Å². The van der Waals surface area contributed by atoms with Gasteiger partial charge in [-0.1, -0.05) is 69.3 Å². The van der Waals surface area contributed by atoms with E-state index in [0.717, 1.165) is 32.8 Å². The highest BCUT2D eigenvalue weighted by molar-refractivity contribution is 7.13. The third-order valence-electron chi connectivity index (χ3n) is 8.27. The van der Waals surface area contributed by atoms with Crippen molar-refractivity contribution in [1.29, 1.82) is 0 Å². The van der Waals surface area contributed by atoms with Crippen molar-refractivity contribution in [3.63, 3.8) is 0 Å². The van der Waals surface area contributed by atoms with E-state index in [2.05, 4.69) is 20.9 Å². The van der Waals surface area contributed by atoms with Crippen molar-refractivity contribution in [3.8, 4) is 10.4 Å². The van der Waals surface area contributed by atoms with Gasteiger partial charge in [-0.3, -0.25) is 14.4 Å². The Morgan fingerprint density at radius 2 is 1.65 bits per heavy atom. The van der Waals surface area contributed by atoms with Gasteiger partial charge < -0.3 is 30.7 Å². The largest absolute Gasteiger partial charge is 0.444 e. The highest BCUT2D eigenvalue weighted by atomic mass is 32.1. The molecule has 0 spiro atoms. The SMILES string of the molecule is Cc1ncsc1-c1ccc(CNC(=O)[C@@H]2C[C@@H](O)CN2C(=O)[C@@H](NC(=O)CCc2ccccc2CNC(=O)OC(C)(C)C)C(C)(C)C)cc1. The van der Waals surface area contributed by atoms with Crippen LogP contribution in [0, 0.1) is 12.3 Å².